The zero-order valence-corrected chi connectivity index (χ0v) is 75.4. The lowest BCUT2D eigenvalue weighted by molar-refractivity contribution is 0.130. The molecule has 13 aliphatic rings. The molecule has 0 amide bonds. The maximum absolute atomic E-state index is 2.82. The van der Waals surface area contributed by atoms with Gasteiger partial charge in [-0.05, 0) is 351 Å². The number of nitrogens with zero attached hydrogens (tertiary/aromatic N) is 4. The van der Waals surface area contributed by atoms with E-state index in [0.717, 1.165) is 55.3 Å². The Hall–Kier alpha value is -9.90. The van der Waals surface area contributed by atoms with Crippen LogP contribution in [0.15, 0.2) is 265 Å². The van der Waals surface area contributed by atoms with Crippen LogP contribution in [0.2, 0.25) is 0 Å². The molecule has 13 atom stereocenters. The maximum Gasteiger partial charge on any atom is 0.0612 e. The Morgan fingerprint density at radius 3 is 1.93 bits per heavy atom. The second-order valence-corrected chi connectivity index (χ2v) is 42.1. The summed E-state index contributed by atoms with van der Waals surface area (Å²) in [4.78, 5) is 8.22. The molecular weight excluding hydrogens is 1510 g/mol. The molecule has 0 bridgehead atoms. The second kappa shape index (κ2) is 33.4. The van der Waals surface area contributed by atoms with Crippen molar-refractivity contribution in [2.24, 2.45) is 64.6 Å². The molecule has 13 unspecified atom stereocenters. The number of benzene rings is 10. The van der Waals surface area contributed by atoms with E-state index in [-0.39, 0.29) is 0 Å². The normalized spacial score (nSPS) is 27.6. The predicted octanol–water partition coefficient (Wildman–Crippen LogP) is 31.4. The molecule has 125 heavy (non-hydrogen) atoms. The van der Waals surface area contributed by atoms with E-state index in [0.29, 0.717) is 64.7 Å². The van der Waals surface area contributed by atoms with Crippen molar-refractivity contribution < 1.29 is 0 Å². The molecule has 0 radical (unpaired) electrons. The van der Waals surface area contributed by atoms with E-state index in [1.165, 1.54) is 272 Å². The molecule has 0 spiro atoms. The molecule has 636 valence electrons. The van der Waals surface area contributed by atoms with Crippen molar-refractivity contribution in [2.45, 2.75) is 257 Å². The fourth-order valence-corrected chi connectivity index (χ4v) is 29.0. The first kappa shape index (κ1) is 79.7. The van der Waals surface area contributed by atoms with Crippen LogP contribution in [-0.2, 0) is 12.8 Å². The van der Waals surface area contributed by atoms with Crippen LogP contribution in [0, 0.1) is 64.6 Å². The van der Waals surface area contributed by atoms with Gasteiger partial charge in [-0.2, -0.15) is 0 Å². The maximum atomic E-state index is 2.82. The zero-order valence-electron chi connectivity index (χ0n) is 75.4. The Labute approximate surface area is 746 Å². The summed E-state index contributed by atoms with van der Waals surface area (Å²) >= 11 is 0. The van der Waals surface area contributed by atoms with E-state index in [4.69, 9.17) is 0 Å². The van der Waals surface area contributed by atoms with Gasteiger partial charge in [0.05, 0.1) is 16.9 Å². The molecule has 11 aromatic rings. The van der Waals surface area contributed by atoms with Crippen LogP contribution in [-0.4, -0.2) is 10.6 Å². The lowest BCUT2D eigenvalue weighted by Crippen LogP contribution is -2.41. The van der Waals surface area contributed by atoms with Crippen molar-refractivity contribution in [2.75, 3.05) is 14.7 Å². The molecule has 10 aromatic carbocycles. The molecule has 12 aliphatic carbocycles. The van der Waals surface area contributed by atoms with Crippen LogP contribution in [0.4, 0.5) is 28.4 Å². The quantitative estimate of drug-likeness (QED) is 0.101. The van der Waals surface area contributed by atoms with Crippen molar-refractivity contribution in [1.82, 2.24) is 4.57 Å². The summed E-state index contributed by atoms with van der Waals surface area (Å²) in [6.45, 7) is 12.0. The number of hydrogen-bond acceptors (Lipinski definition) is 3. The van der Waals surface area contributed by atoms with Crippen molar-refractivity contribution >= 4 is 78.6 Å². The van der Waals surface area contributed by atoms with Gasteiger partial charge in [-0.15, -0.1) is 0 Å². The highest BCUT2D eigenvalue weighted by Gasteiger charge is 2.51. The van der Waals surface area contributed by atoms with Crippen LogP contribution in [0.5, 0.6) is 0 Å². The number of anilines is 5. The van der Waals surface area contributed by atoms with Crippen LogP contribution >= 0.6 is 0 Å². The first-order chi connectivity index (χ1) is 61.5. The molecule has 1 aliphatic heterocycles. The SMILES string of the molecule is CC(C)(C)C1CCC(C2C=C(N(C3=CC=C(c4ccc(N5c6c(ccc7ccccc67)C6C7CCCCC7CCC65)cc4)C4CCCC34)c3ccccc3)CCC2)CC1.CCC1=CC2c3cc(CC)ccc3C(C3CCC=C(N(c4ccccc4)c4ccc(-c5ccc(-n6c7c(c8ccc9ccccc9c86)C6CCCCC6CC7)cc5)c5c4=CCC=5)C3)C2CC1. The van der Waals surface area contributed by atoms with E-state index in [9.17, 15) is 0 Å². The third-order valence-electron chi connectivity index (χ3n) is 35.0. The fourth-order valence-electron chi connectivity index (χ4n) is 29.0. The van der Waals surface area contributed by atoms with Gasteiger partial charge >= 0.3 is 0 Å². The minimum atomic E-state index is 0.440. The lowest BCUT2D eigenvalue weighted by atomic mass is 9.63. The number of fused-ring (bicyclic) bond motifs is 19. The monoisotopic (exact) mass is 1640 g/mol. The van der Waals surface area contributed by atoms with Gasteiger partial charge in [-0.25, -0.2) is 0 Å². The van der Waals surface area contributed by atoms with Gasteiger partial charge in [-0.3, -0.25) is 0 Å². The Kier molecular flexibility index (Phi) is 21.3. The van der Waals surface area contributed by atoms with Crippen molar-refractivity contribution in [3.05, 3.63) is 315 Å². The number of para-hydroxylation sites is 2. The third-order valence-corrected chi connectivity index (χ3v) is 35.0. The van der Waals surface area contributed by atoms with E-state index in [2.05, 4.69) is 309 Å². The molecule has 24 rings (SSSR count). The Bertz CT molecular complexity index is 6200. The summed E-state index contributed by atoms with van der Waals surface area (Å²) in [5, 5.41) is 9.78. The molecular formula is C121H132N4. The summed E-state index contributed by atoms with van der Waals surface area (Å²) in [6.07, 6.45) is 57.3. The van der Waals surface area contributed by atoms with Gasteiger partial charge in [0.25, 0.3) is 0 Å². The number of hydrogen-bond donors (Lipinski definition) is 0. The Morgan fingerprint density at radius 1 is 0.432 bits per heavy atom. The average Bonchev–Trinajstić information content (AvgIpc) is 1.56. The van der Waals surface area contributed by atoms with Gasteiger partial charge in [-0.1, -0.05) is 273 Å². The smallest absolute Gasteiger partial charge is 0.0612 e. The highest BCUT2D eigenvalue weighted by atomic mass is 15.2. The second-order valence-electron chi connectivity index (χ2n) is 42.1. The molecule has 5 fully saturated rings. The molecule has 0 N–H and O–H groups in total. The van der Waals surface area contributed by atoms with E-state index in [1.807, 2.05) is 0 Å². The first-order valence-corrected chi connectivity index (χ1v) is 50.3. The van der Waals surface area contributed by atoms with Gasteiger partial charge in [0.1, 0.15) is 0 Å². The summed E-state index contributed by atoms with van der Waals surface area (Å²) in [6, 6.07) is 83.4. The topological polar surface area (TPSA) is 14.7 Å². The van der Waals surface area contributed by atoms with Gasteiger partial charge in [0.15, 0.2) is 0 Å². The van der Waals surface area contributed by atoms with Crippen molar-refractivity contribution in [1.29, 1.82) is 0 Å². The van der Waals surface area contributed by atoms with E-state index in [1.54, 1.807) is 50.5 Å². The van der Waals surface area contributed by atoms with Crippen LogP contribution in [0.3, 0.4) is 0 Å². The lowest BCUT2D eigenvalue weighted by Gasteiger charge is -2.45. The molecule has 2 heterocycles. The fraction of sp³-hybridized carbons (Fsp3) is 0.421. The Morgan fingerprint density at radius 2 is 1.13 bits per heavy atom. The van der Waals surface area contributed by atoms with Crippen LogP contribution < -0.4 is 25.1 Å². The minimum absolute atomic E-state index is 0.440. The summed E-state index contributed by atoms with van der Waals surface area (Å²) in [5.74, 6) is 10.0. The largest absolute Gasteiger partial charge is 0.337 e. The van der Waals surface area contributed by atoms with E-state index >= 15 is 0 Å². The highest BCUT2D eigenvalue weighted by molar-refractivity contribution is 6.09. The summed E-state index contributed by atoms with van der Waals surface area (Å²) in [5.41, 5.74) is 31.5. The predicted molar refractivity (Wildman–Crippen MR) is 528 cm³/mol. The standard InChI is InChI=1S/C64H64N2.C57H68N2/c1-3-41-24-32-55-58(38-41)59-39-42(4-2)25-33-56(59)62(55)46-16-12-19-49(40-46)65(47-17-6-5-7-18-47)60-37-35-50(53-22-13-23-54(53)60)45-26-30-48(31-27-45)66-61-36-29-43-14-8-10-20-51(43)63(61)57-34-28-44-15-9-11-21-52(44)64(57)66;1-57(2,3)43-29-23-38(24-30-43)42-15-11-18-46(37-42)58(44-16-5-4-6-17-44)53-36-34-47(50-21-12-22-51(50)53)41-25-31-45(32-26-41)59-54-35-28-39-13-7-9-19-48(39)55(54)52-33-27-40-14-8-10-20-49(40)56(52)59/h5-7,9,11,15,17-19,21-24,26-28,30-32,34-35,37-39,43,46,51,56,59,62H,3-4,8,10,12-14,16,20,25,29,33,36,40H2,1-2H3;4-6,8,10,14,16-17,20,25-27,31-34,36-39,42-43,48,50-51,54-55H,7,9,11-13,15,18-19,21-24,28-30,35H2,1-3H3. The van der Waals surface area contributed by atoms with Crippen LogP contribution in [0.1, 0.15) is 277 Å². The summed E-state index contributed by atoms with van der Waals surface area (Å²) < 4.78 is 2.68. The van der Waals surface area contributed by atoms with Crippen molar-refractivity contribution in [3.63, 3.8) is 0 Å². The number of aryl methyl sites for hydroxylation is 1. The van der Waals surface area contributed by atoms with Gasteiger partial charge in [0.2, 0.25) is 0 Å². The highest BCUT2D eigenvalue weighted by Crippen LogP contribution is 2.62. The molecule has 5 saturated carbocycles. The Balaban J connectivity index is 0.000000145. The van der Waals surface area contributed by atoms with Crippen molar-refractivity contribution in [3.8, 4) is 16.8 Å². The van der Waals surface area contributed by atoms with Crippen LogP contribution in [0.25, 0.3) is 67.0 Å². The minimum Gasteiger partial charge on any atom is -0.337 e. The van der Waals surface area contributed by atoms with E-state index < -0.39 is 0 Å². The molecule has 1 aromatic heterocycles. The number of rotatable bonds is 14. The average molecular weight is 1640 g/mol. The molecule has 4 nitrogen and oxygen atoms in total. The van der Waals surface area contributed by atoms with Gasteiger partial charge in [0, 0.05) is 90.7 Å². The third kappa shape index (κ3) is 14.2. The first-order valence-electron chi connectivity index (χ1n) is 50.3. The molecule has 4 heteroatoms. The zero-order chi connectivity index (χ0) is 83.5. The van der Waals surface area contributed by atoms with Gasteiger partial charge < -0.3 is 19.3 Å². The summed E-state index contributed by atoms with van der Waals surface area (Å²) in [7, 11) is 0. The molecule has 0 saturated heterocycles. The number of allylic oxidation sites excluding steroid dienone is 10. The number of aromatic nitrogens is 1.